The molecule has 3 rings (SSSR count). The number of nitrogens with one attached hydrogen (secondary N) is 1. The fourth-order valence-corrected chi connectivity index (χ4v) is 2.65. The van der Waals surface area contributed by atoms with E-state index in [1.165, 1.54) is 30.3 Å². The number of esters is 1. The van der Waals surface area contributed by atoms with Gasteiger partial charge in [-0.25, -0.2) is 10.2 Å². The Kier molecular flexibility index (Phi) is 6.25. The number of hydrogen-bond donors (Lipinski definition) is 1. The number of halogens is 1. The van der Waals surface area contributed by atoms with Crippen LogP contribution < -0.4 is 14.9 Å². The molecule has 0 spiro atoms. The van der Waals surface area contributed by atoms with Gasteiger partial charge < -0.3 is 9.47 Å². The van der Waals surface area contributed by atoms with E-state index in [4.69, 9.17) is 21.1 Å². The van der Waals surface area contributed by atoms with Crippen LogP contribution in [0, 0.1) is 0 Å². The smallest absolute Gasteiger partial charge is 0.361 e. The third-order valence-corrected chi connectivity index (χ3v) is 4.12. The highest BCUT2D eigenvalue weighted by molar-refractivity contribution is 6.31. The van der Waals surface area contributed by atoms with Gasteiger partial charge in [0.2, 0.25) is 0 Å². The molecule has 0 radical (unpaired) electrons. The van der Waals surface area contributed by atoms with Crippen molar-refractivity contribution in [3.63, 3.8) is 0 Å². The largest absolute Gasteiger partial charge is 0.496 e. The van der Waals surface area contributed by atoms with Crippen LogP contribution in [0.25, 0.3) is 0 Å². The number of aryl methyl sites for hydroxylation is 1. The standard InChI is InChI=1S/C20H17ClN4O4/c1-25-17(8-9-23-25)20(27)29-15-5-3-4-13(10-15)12-22-24-19(26)16-11-14(21)6-7-18(16)28-2/h3-12H,1-2H3,(H,24,26)/b22-12+. The summed E-state index contributed by atoms with van der Waals surface area (Å²) in [4.78, 5) is 24.5. The highest BCUT2D eigenvalue weighted by Crippen LogP contribution is 2.22. The van der Waals surface area contributed by atoms with Crippen molar-refractivity contribution in [1.82, 2.24) is 15.2 Å². The molecule has 0 bridgehead atoms. The first-order chi connectivity index (χ1) is 14.0. The van der Waals surface area contributed by atoms with Crippen LogP contribution in [0.2, 0.25) is 5.02 Å². The van der Waals surface area contributed by atoms with E-state index in [1.807, 2.05) is 0 Å². The molecule has 148 valence electrons. The molecule has 0 aliphatic heterocycles. The number of benzene rings is 2. The zero-order valence-electron chi connectivity index (χ0n) is 15.6. The molecule has 1 aromatic heterocycles. The van der Waals surface area contributed by atoms with Crippen LogP contribution in [0.5, 0.6) is 11.5 Å². The normalized spacial score (nSPS) is 10.7. The maximum absolute atomic E-state index is 12.3. The van der Waals surface area contributed by atoms with Crippen molar-refractivity contribution in [2.24, 2.45) is 12.1 Å². The fourth-order valence-electron chi connectivity index (χ4n) is 2.48. The van der Waals surface area contributed by atoms with E-state index >= 15 is 0 Å². The van der Waals surface area contributed by atoms with Crippen LogP contribution in [-0.4, -0.2) is 35.0 Å². The lowest BCUT2D eigenvalue weighted by Gasteiger charge is -2.07. The lowest BCUT2D eigenvalue weighted by atomic mass is 10.2. The third kappa shape index (κ3) is 4.99. The number of carbonyl (C=O) groups excluding carboxylic acids is 2. The minimum absolute atomic E-state index is 0.260. The van der Waals surface area contributed by atoms with E-state index in [2.05, 4.69) is 15.6 Å². The van der Waals surface area contributed by atoms with Crippen molar-refractivity contribution >= 4 is 29.7 Å². The molecule has 0 saturated heterocycles. The van der Waals surface area contributed by atoms with Crippen molar-refractivity contribution in [2.75, 3.05) is 7.11 Å². The van der Waals surface area contributed by atoms with Gasteiger partial charge in [-0.2, -0.15) is 10.2 Å². The van der Waals surface area contributed by atoms with Crippen LogP contribution in [-0.2, 0) is 7.05 Å². The average Bonchev–Trinajstić information content (AvgIpc) is 3.14. The van der Waals surface area contributed by atoms with Crippen molar-refractivity contribution in [1.29, 1.82) is 0 Å². The third-order valence-electron chi connectivity index (χ3n) is 3.88. The number of rotatable bonds is 6. The molecular weight excluding hydrogens is 396 g/mol. The number of amides is 1. The summed E-state index contributed by atoms with van der Waals surface area (Å²) in [5.41, 5.74) is 3.62. The summed E-state index contributed by atoms with van der Waals surface area (Å²) in [5, 5.41) is 8.27. The van der Waals surface area contributed by atoms with Gasteiger partial charge in [-0.3, -0.25) is 9.48 Å². The molecule has 8 nitrogen and oxygen atoms in total. The Hall–Kier alpha value is -3.65. The van der Waals surface area contributed by atoms with Gasteiger partial charge >= 0.3 is 5.97 Å². The van der Waals surface area contributed by atoms with Gasteiger partial charge in [0.1, 0.15) is 17.2 Å². The summed E-state index contributed by atoms with van der Waals surface area (Å²) in [6.07, 6.45) is 2.94. The molecule has 9 heteroatoms. The van der Waals surface area contributed by atoms with Gasteiger partial charge in [-0.05, 0) is 42.0 Å². The van der Waals surface area contributed by atoms with E-state index in [1.54, 1.807) is 49.5 Å². The highest BCUT2D eigenvalue weighted by atomic mass is 35.5. The van der Waals surface area contributed by atoms with E-state index in [-0.39, 0.29) is 5.56 Å². The number of aromatic nitrogens is 2. The Morgan fingerprint density at radius 3 is 2.76 bits per heavy atom. The second-order valence-electron chi connectivity index (χ2n) is 5.85. The number of hydrazone groups is 1. The molecule has 0 saturated carbocycles. The molecular formula is C20H17ClN4O4. The van der Waals surface area contributed by atoms with Crippen molar-refractivity contribution in [3.05, 3.63) is 76.6 Å². The number of methoxy groups -OCH3 is 1. The SMILES string of the molecule is COc1ccc(Cl)cc1C(=O)N/N=C/c1cccc(OC(=O)c2ccnn2C)c1. The van der Waals surface area contributed by atoms with Crippen LogP contribution >= 0.6 is 11.6 Å². The lowest BCUT2D eigenvalue weighted by molar-refractivity contribution is 0.0723. The second-order valence-corrected chi connectivity index (χ2v) is 6.28. The summed E-state index contributed by atoms with van der Waals surface area (Å²) in [6, 6.07) is 13.0. The Balaban J connectivity index is 1.66. The van der Waals surface area contributed by atoms with Gasteiger partial charge in [-0.15, -0.1) is 0 Å². The fraction of sp³-hybridized carbons (Fsp3) is 0.100. The molecule has 0 fully saturated rings. The van der Waals surface area contributed by atoms with Gasteiger partial charge in [0.05, 0.1) is 18.9 Å². The Morgan fingerprint density at radius 1 is 1.21 bits per heavy atom. The predicted octanol–water partition coefficient (Wildman–Crippen LogP) is 3.07. The molecule has 2 aromatic carbocycles. The van der Waals surface area contributed by atoms with E-state index < -0.39 is 11.9 Å². The monoisotopic (exact) mass is 412 g/mol. The maximum Gasteiger partial charge on any atom is 0.361 e. The Bertz CT molecular complexity index is 1080. The van der Waals surface area contributed by atoms with Crippen molar-refractivity contribution in [3.8, 4) is 11.5 Å². The lowest BCUT2D eigenvalue weighted by Crippen LogP contribution is -2.18. The van der Waals surface area contributed by atoms with Gasteiger partial charge in [0, 0.05) is 18.3 Å². The molecule has 3 aromatic rings. The highest BCUT2D eigenvalue weighted by Gasteiger charge is 2.13. The van der Waals surface area contributed by atoms with Crippen LogP contribution in [0.1, 0.15) is 26.4 Å². The van der Waals surface area contributed by atoms with E-state index in [9.17, 15) is 9.59 Å². The summed E-state index contributed by atoms with van der Waals surface area (Å²) in [7, 11) is 3.11. The first kappa shape index (κ1) is 20.1. The van der Waals surface area contributed by atoms with Crippen molar-refractivity contribution < 1.29 is 19.1 Å². The Labute approximate surface area is 171 Å². The minimum Gasteiger partial charge on any atom is -0.496 e. The quantitative estimate of drug-likeness (QED) is 0.290. The molecule has 1 N–H and O–H groups in total. The average molecular weight is 413 g/mol. The zero-order chi connectivity index (χ0) is 20.8. The molecule has 1 amide bonds. The minimum atomic E-state index is -0.527. The predicted molar refractivity (Wildman–Crippen MR) is 108 cm³/mol. The maximum atomic E-state index is 12.3. The second kappa shape index (κ2) is 9.03. The van der Waals surface area contributed by atoms with Crippen LogP contribution in [0.15, 0.2) is 59.8 Å². The van der Waals surface area contributed by atoms with Crippen LogP contribution in [0.4, 0.5) is 0 Å². The zero-order valence-corrected chi connectivity index (χ0v) is 16.4. The topological polar surface area (TPSA) is 94.8 Å². The van der Waals surface area contributed by atoms with Gasteiger partial charge in [0.15, 0.2) is 0 Å². The summed E-state index contributed by atoms with van der Waals surface area (Å²) in [5.74, 6) is -0.283. The van der Waals surface area contributed by atoms with Gasteiger partial charge in [0.25, 0.3) is 5.91 Å². The first-order valence-corrected chi connectivity index (χ1v) is 8.83. The summed E-state index contributed by atoms with van der Waals surface area (Å²) >= 11 is 5.93. The molecule has 1 heterocycles. The molecule has 0 aliphatic carbocycles. The number of hydrogen-bond acceptors (Lipinski definition) is 6. The molecule has 0 aliphatic rings. The first-order valence-electron chi connectivity index (χ1n) is 8.45. The molecule has 0 unspecified atom stereocenters. The van der Waals surface area contributed by atoms with Crippen LogP contribution in [0.3, 0.4) is 0 Å². The molecule has 0 atom stereocenters. The van der Waals surface area contributed by atoms with E-state index in [0.717, 1.165) is 0 Å². The number of carbonyl (C=O) groups is 2. The molecule has 29 heavy (non-hydrogen) atoms. The Morgan fingerprint density at radius 2 is 2.03 bits per heavy atom. The summed E-state index contributed by atoms with van der Waals surface area (Å²) in [6.45, 7) is 0. The van der Waals surface area contributed by atoms with Crippen molar-refractivity contribution in [2.45, 2.75) is 0 Å². The summed E-state index contributed by atoms with van der Waals surface area (Å²) < 4.78 is 11.9. The van der Waals surface area contributed by atoms with E-state index in [0.29, 0.717) is 27.8 Å². The van der Waals surface area contributed by atoms with Gasteiger partial charge in [-0.1, -0.05) is 23.7 Å². The number of ether oxygens (including phenoxy) is 2. The number of nitrogens with zero attached hydrogens (tertiary/aromatic N) is 3.